The predicted octanol–water partition coefficient (Wildman–Crippen LogP) is 2.82. The number of likely N-dealkylation sites (tertiary alicyclic amines) is 1. The van der Waals surface area contributed by atoms with Crippen LogP contribution in [0.15, 0.2) is 61.4 Å². The molecule has 0 saturated carbocycles. The highest BCUT2D eigenvalue weighted by molar-refractivity contribution is 5.94. The summed E-state index contributed by atoms with van der Waals surface area (Å²) in [6, 6.07) is 10.1. The van der Waals surface area contributed by atoms with Crippen LogP contribution in [0.1, 0.15) is 35.2 Å². The van der Waals surface area contributed by atoms with Gasteiger partial charge in [0, 0.05) is 43.4 Å². The second-order valence-electron chi connectivity index (χ2n) is 6.81. The number of piperidine rings is 1. The molecule has 0 bridgehead atoms. The van der Waals surface area contributed by atoms with Gasteiger partial charge in [-0.25, -0.2) is 4.98 Å². The SMILES string of the molecule is O=C(c1cccc(Cn2ccnc2)c1)N1CCCC[C@@H]1Cn1cccn1. The summed E-state index contributed by atoms with van der Waals surface area (Å²) < 4.78 is 3.93. The minimum Gasteiger partial charge on any atom is -0.334 e. The van der Waals surface area contributed by atoms with Gasteiger partial charge in [-0.05, 0) is 43.0 Å². The van der Waals surface area contributed by atoms with Gasteiger partial charge in [-0.3, -0.25) is 9.48 Å². The van der Waals surface area contributed by atoms with Gasteiger partial charge in [-0.1, -0.05) is 12.1 Å². The van der Waals surface area contributed by atoms with Gasteiger partial charge in [0.15, 0.2) is 0 Å². The smallest absolute Gasteiger partial charge is 0.254 e. The Morgan fingerprint density at radius 1 is 1.15 bits per heavy atom. The lowest BCUT2D eigenvalue weighted by Gasteiger charge is -2.36. The minimum absolute atomic E-state index is 0.120. The summed E-state index contributed by atoms with van der Waals surface area (Å²) in [6.07, 6.45) is 12.5. The number of nitrogens with zero attached hydrogens (tertiary/aromatic N) is 5. The number of amides is 1. The molecular formula is C20H23N5O. The van der Waals surface area contributed by atoms with Crippen molar-refractivity contribution < 1.29 is 4.79 Å². The average molecular weight is 349 g/mol. The van der Waals surface area contributed by atoms with E-state index >= 15 is 0 Å². The van der Waals surface area contributed by atoms with Gasteiger partial charge >= 0.3 is 0 Å². The van der Waals surface area contributed by atoms with Crippen LogP contribution in [0.4, 0.5) is 0 Å². The van der Waals surface area contributed by atoms with Crippen LogP contribution in [0, 0.1) is 0 Å². The van der Waals surface area contributed by atoms with Crippen LogP contribution in [0.5, 0.6) is 0 Å². The second-order valence-corrected chi connectivity index (χ2v) is 6.81. The van der Waals surface area contributed by atoms with Gasteiger partial charge in [0.25, 0.3) is 5.91 Å². The topological polar surface area (TPSA) is 56.0 Å². The fourth-order valence-corrected chi connectivity index (χ4v) is 3.64. The van der Waals surface area contributed by atoms with Crippen LogP contribution < -0.4 is 0 Å². The van der Waals surface area contributed by atoms with Gasteiger partial charge in [0.1, 0.15) is 0 Å². The van der Waals surface area contributed by atoms with Crippen LogP contribution in [0.3, 0.4) is 0 Å². The minimum atomic E-state index is 0.120. The molecule has 1 aliphatic rings. The largest absolute Gasteiger partial charge is 0.334 e. The van der Waals surface area contributed by atoms with Crippen molar-refractivity contribution in [2.75, 3.05) is 6.54 Å². The zero-order valence-electron chi connectivity index (χ0n) is 14.7. The van der Waals surface area contributed by atoms with Gasteiger partial charge < -0.3 is 9.47 Å². The summed E-state index contributed by atoms with van der Waals surface area (Å²) in [6.45, 7) is 2.29. The first kappa shape index (κ1) is 16.6. The molecule has 2 aromatic heterocycles. The Kier molecular flexibility index (Phi) is 4.82. The highest BCUT2D eigenvalue weighted by atomic mass is 16.2. The number of carbonyl (C=O) groups is 1. The van der Waals surface area contributed by atoms with E-state index in [2.05, 4.69) is 10.1 Å². The first-order chi connectivity index (χ1) is 12.8. The maximum Gasteiger partial charge on any atom is 0.254 e. The van der Waals surface area contributed by atoms with Crippen molar-refractivity contribution in [2.45, 2.75) is 38.4 Å². The molecule has 0 spiro atoms. The van der Waals surface area contributed by atoms with Crippen LogP contribution in [0.25, 0.3) is 0 Å². The standard InChI is InChI=1S/C20H23N5O/c26-20(18-6-3-5-17(13-18)14-23-12-9-21-16-23)25-11-2-1-7-19(25)15-24-10-4-8-22-24/h3-6,8-10,12-13,16,19H,1-2,7,11,14-15H2/t19-/m1/s1. The molecule has 4 rings (SSSR count). The van der Waals surface area contributed by atoms with Crippen molar-refractivity contribution in [2.24, 2.45) is 0 Å². The molecule has 0 radical (unpaired) electrons. The lowest BCUT2D eigenvalue weighted by Crippen LogP contribution is -2.46. The van der Waals surface area contributed by atoms with Gasteiger partial charge in [-0.15, -0.1) is 0 Å². The molecule has 6 heteroatoms. The van der Waals surface area contributed by atoms with Crippen LogP contribution in [-0.2, 0) is 13.1 Å². The summed E-state index contributed by atoms with van der Waals surface area (Å²) in [7, 11) is 0. The van der Waals surface area contributed by atoms with Crippen LogP contribution in [0.2, 0.25) is 0 Å². The molecule has 0 N–H and O–H groups in total. The molecule has 3 aromatic rings. The average Bonchev–Trinajstić information content (AvgIpc) is 3.36. The van der Waals surface area contributed by atoms with E-state index in [0.717, 1.165) is 50.0 Å². The second kappa shape index (κ2) is 7.56. The highest BCUT2D eigenvalue weighted by Gasteiger charge is 2.28. The van der Waals surface area contributed by atoms with E-state index in [-0.39, 0.29) is 11.9 Å². The number of imidazole rings is 1. The number of aromatic nitrogens is 4. The number of hydrogen-bond acceptors (Lipinski definition) is 3. The van der Waals surface area contributed by atoms with Gasteiger partial charge in [0.05, 0.1) is 18.9 Å². The Balaban J connectivity index is 1.51. The molecule has 6 nitrogen and oxygen atoms in total. The lowest BCUT2D eigenvalue weighted by atomic mass is 10.00. The number of hydrogen-bond donors (Lipinski definition) is 0. The Bertz CT molecular complexity index is 841. The molecule has 1 atom stereocenters. The van der Waals surface area contributed by atoms with E-state index in [1.54, 1.807) is 18.7 Å². The Morgan fingerprint density at radius 2 is 2.12 bits per heavy atom. The fourth-order valence-electron chi connectivity index (χ4n) is 3.64. The summed E-state index contributed by atoms with van der Waals surface area (Å²) in [5.74, 6) is 0.120. The lowest BCUT2D eigenvalue weighted by molar-refractivity contribution is 0.0584. The molecule has 3 heterocycles. The third-order valence-corrected chi connectivity index (χ3v) is 4.94. The molecule has 0 aliphatic carbocycles. The van der Waals surface area contributed by atoms with Crippen molar-refractivity contribution in [3.8, 4) is 0 Å². The summed E-state index contributed by atoms with van der Waals surface area (Å²) in [4.78, 5) is 19.3. The van der Waals surface area contributed by atoms with Crippen molar-refractivity contribution in [1.29, 1.82) is 0 Å². The quantitative estimate of drug-likeness (QED) is 0.712. The normalized spacial score (nSPS) is 17.4. The predicted molar refractivity (Wildman–Crippen MR) is 98.7 cm³/mol. The Labute approximate surface area is 153 Å². The van der Waals surface area contributed by atoms with E-state index < -0.39 is 0 Å². The third kappa shape index (κ3) is 3.69. The van der Waals surface area contributed by atoms with Crippen molar-refractivity contribution in [3.05, 3.63) is 72.6 Å². The van der Waals surface area contributed by atoms with E-state index in [9.17, 15) is 4.79 Å². The number of carbonyl (C=O) groups excluding carboxylic acids is 1. The molecule has 1 aliphatic heterocycles. The number of benzene rings is 1. The van der Waals surface area contributed by atoms with E-state index in [1.807, 2.05) is 56.9 Å². The molecule has 1 aromatic carbocycles. The molecule has 0 unspecified atom stereocenters. The van der Waals surface area contributed by atoms with E-state index in [1.165, 1.54) is 0 Å². The Hall–Kier alpha value is -2.89. The molecule has 134 valence electrons. The van der Waals surface area contributed by atoms with Crippen molar-refractivity contribution >= 4 is 5.91 Å². The zero-order valence-corrected chi connectivity index (χ0v) is 14.7. The van der Waals surface area contributed by atoms with E-state index in [4.69, 9.17) is 0 Å². The summed E-state index contributed by atoms with van der Waals surface area (Å²) in [5, 5.41) is 4.30. The van der Waals surface area contributed by atoms with Gasteiger partial charge in [0.2, 0.25) is 0 Å². The van der Waals surface area contributed by atoms with E-state index in [0.29, 0.717) is 0 Å². The maximum atomic E-state index is 13.2. The summed E-state index contributed by atoms with van der Waals surface area (Å²) in [5.41, 5.74) is 1.87. The fraction of sp³-hybridized carbons (Fsp3) is 0.350. The molecule has 1 fully saturated rings. The third-order valence-electron chi connectivity index (χ3n) is 4.94. The molecule has 26 heavy (non-hydrogen) atoms. The number of rotatable bonds is 5. The van der Waals surface area contributed by atoms with Gasteiger partial charge in [-0.2, -0.15) is 5.10 Å². The highest BCUT2D eigenvalue weighted by Crippen LogP contribution is 2.21. The zero-order chi connectivity index (χ0) is 17.8. The molecular weight excluding hydrogens is 326 g/mol. The van der Waals surface area contributed by atoms with Crippen LogP contribution >= 0.6 is 0 Å². The van der Waals surface area contributed by atoms with Crippen molar-refractivity contribution in [1.82, 2.24) is 24.2 Å². The maximum absolute atomic E-state index is 13.2. The van der Waals surface area contributed by atoms with Crippen LogP contribution in [-0.4, -0.2) is 42.7 Å². The molecule has 1 amide bonds. The molecule has 1 saturated heterocycles. The van der Waals surface area contributed by atoms with Crippen molar-refractivity contribution in [3.63, 3.8) is 0 Å². The monoisotopic (exact) mass is 349 g/mol. The Morgan fingerprint density at radius 3 is 2.92 bits per heavy atom. The first-order valence-corrected chi connectivity index (χ1v) is 9.13. The first-order valence-electron chi connectivity index (χ1n) is 9.13. The summed E-state index contributed by atoms with van der Waals surface area (Å²) >= 11 is 0.